The largest absolute Gasteiger partial charge is 0.493 e. The van der Waals surface area contributed by atoms with Crippen molar-refractivity contribution >= 4 is 23.4 Å². The van der Waals surface area contributed by atoms with Gasteiger partial charge in [0.1, 0.15) is 0 Å². The van der Waals surface area contributed by atoms with Gasteiger partial charge in [-0.05, 0) is 36.8 Å². The van der Waals surface area contributed by atoms with Crippen LogP contribution in [-0.2, 0) is 4.79 Å². The predicted molar refractivity (Wildman–Crippen MR) is 102 cm³/mol. The molecule has 8 nitrogen and oxygen atoms in total. The quantitative estimate of drug-likeness (QED) is 0.453. The smallest absolute Gasteiger partial charge is 0.274 e. The molecule has 0 spiro atoms. The van der Waals surface area contributed by atoms with E-state index in [2.05, 4.69) is 5.32 Å². The standard InChI is InChI=1S/C19H20N2O6/c1-12-14(6-5-7-15(12)21(23)24)20-18(22)9-8-13-10-16(25-2)19(27-4)17(11-13)26-3/h5-11H,1-4H3,(H,20,22). The fraction of sp³-hybridized carbons (Fsp3) is 0.211. The van der Waals surface area contributed by atoms with Gasteiger partial charge in [0.05, 0.1) is 37.5 Å². The van der Waals surface area contributed by atoms with Crippen molar-refractivity contribution in [1.29, 1.82) is 0 Å². The molecule has 0 aliphatic rings. The lowest BCUT2D eigenvalue weighted by Crippen LogP contribution is -2.09. The number of benzene rings is 2. The summed E-state index contributed by atoms with van der Waals surface area (Å²) in [5.41, 5.74) is 1.37. The van der Waals surface area contributed by atoms with Gasteiger partial charge in [0.15, 0.2) is 11.5 Å². The normalized spacial score (nSPS) is 10.5. The number of nitro benzene ring substituents is 1. The second kappa shape index (κ2) is 8.70. The van der Waals surface area contributed by atoms with Crippen LogP contribution in [0.4, 0.5) is 11.4 Å². The zero-order valence-electron chi connectivity index (χ0n) is 15.4. The van der Waals surface area contributed by atoms with Gasteiger partial charge in [0.25, 0.3) is 5.69 Å². The number of nitrogens with one attached hydrogen (secondary N) is 1. The third-order valence-corrected chi connectivity index (χ3v) is 3.87. The highest BCUT2D eigenvalue weighted by molar-refractivity contribution is 6.02. The predicted octanol–water partition coefficient (Wildman–Crippen LogP) is 3.58. The van der Waals surface area contributed by atoms with Crippen LogP contribution in [0, 0.1) is 17.0 Å². The van der Waals surface area contributed by atoms with E-state index in [9.17, 15) is 14.9 Å². The first-order valence-corrected chi connectivity index (χ1v) is 7.94. The zero-order valence-corrected chi connectivity index (χ0v) is 15.4. The Bertz CT molecular complexity index is 867. The second-order valence-electron chi connectivity index (χ2n) is 5.49. The van der Waals surface area contributed by atoms with E-state index in [1.54, 1.807) is 31.2 Å². The minimum absolute atomic E-state index is 0.0543. The summed E-state index contributed by atoms with van der Waals surface area (Å²) in [5.74, 6) is 0.957. The molecule has 0 bridgehead atoms. The van der Waals surface area contributed by atoms with E-state index in [0.717, 1.165) is 0 Å². The number of hydrogen-bond donors (Lipinski definition) is 1. The van der Waals surface area contributed by atoms with Crippen LogP contribution in [0.1, 0.15) is 11.1 Å². The Hall–Kier alpha value is -3.55. The van der Waals surface area contributed by atoms with Crippen LogP contribution in [0.5, 0.6) is 17.2 Å². The van der Waals surface area contributed by atoms with Crippen LogP contribution < -0.4 is 19.5 Å². The molecule has 0 aromatic heterocycles. The van der Waals surface area contributed by atoms with E-state index >= 15 is 0 Å². The molecule has 2 aromatic rings. The third-order valence-electron chi connectivity index (χ3n) is 3.87. The second-order valence-corrected chi connectivity index (χ2v) is 5.49. The topological polar surface area (TPSA) is 99.9 Å². The number of rotatable bonds is 7. The SMILES string of the molecule is COc1cc(C=CC(=O)Nc2cccc([N+](=O)[O-])c2C)cc(OC)c1OC. The zero-order chi connectivity index (χ0) is 20.0. The van der Waals surface area contributed by atoms with Crippen LogP contribution in [0.3, 0.4) is 0 Å². The molecule has 2 rings (SSSR count). The molecule has 0 heterocycles. The summed E-state index contributed by atoms with van der Waals surface area (Å²) in [6, 6.07) is 7.90. The number of ether oxygens (including phenoxy) is 3. The number of nitro groups is 1. The average Bonchev–Trinajstić information content (AvgIpc) is 2.66. The molecule has 142 valence electrons. The van der Waals surface area contributed by atoms with Crippen molar-refractivity contribution in [2.75, 3.05) is 26.6 Å². The van der Waals surface area contributed by atoms with E-state index in [1.807, 2.05) is 0 Å². The summed E-state index contributed by atoms with van der Waals surface area (Å²) in [6.45, 7) is 1.58. The van der Waals surface area contributed by atoms with Crippen LogP contribution in [-0.4, -0.2) is 32.2 Å². The van der Waals surface area contributed by atoms with E-state index in [1.165, 1.54) is 39.5 Å². The summed E-state index contributed by atoms with van der Waals surface area (Å²) in [5, 5.41) is 13.6. The van der Waals surface area contributed by atoms with Gasteiger partial charge in [-0.1, -0.05) is 6.07 Å². The maximum absolute atomic E-state index is 12.2. The molecule has 0 aliphatic heterocycles. The fourth-order valence-electron chi connectivity index (χ4n) is 2.50. The molecule has 0 aliphatic carbocycles. The molecule has 0 saturated heterocycles. The van der Waals surface area contributed by atoms with Crippen molar-refractivity contribution in [2.45, 2.75) is 6.92 Å². The number of carbonyl (C=O) groups is 1. The highest BCUT2D eigenvalue weighted by atomic mass is 16.6. The molecule has 1 N–H and O–H groups in total. The van der Waals surface area contributed by atoms with E-state index < -0.39 is 10.8 Å². The van der Waals surface area contributed by atoms with Gasteiger partial charge in [-0.3, -0.25) is 14.9 Å². The van der Waals surface area contributed by atoms with Crippen molar-refractivity contribution in [1.82, 2.24) is 0 Å². The van der Waals surface area contributed by atoms with Gasteiger partial charge < -0.3 is 19.5 Å². The molecule has 0 atom stereocenters. The summed E-state index contributed by atoms with van der Waals surface area (Å²) in [6.07, 6.45) is 2.89. The molecule has 0 unspecified atom stereocenters. The lowest BCUT2D eigenvalue weighted by molar-refractivity contribution is -0.385. The number of hydrogen-bond acceptors (Lipinski definition) is 6. The molecule has 27 heavy (non-hydrogen) atoms. The van der Waals surface area contributed by atoms with Crippen LogP contribution in [0.2, 0.25) is 0 Å². The average molecular weight is 372 g/mol. The van der Waals surface area contributed by atoms with Gasteiger partial charge in [0.2, 0.25) is 11.7 Å². The van der Waals surface area contributed by atoms with Crippen molar-refractivity contribution in [3.8, 4) is 17.2 Å². The highest BCUT2D eigenvalue weighted by Gasteiger charge is 2.14. The van der Waals surface area contributed by atoms with Gasteiger partial charge in [0, 0.05) is 12.1 Å². The summed E-state index contributed by atoms with van der Waals surface area (Å²) < 4.78 is 15.8. The lowest BCUT2D eigenvalue weighted by Gasteiger charge is -2.12. The van der Waals surface area contributed by atoms with Crippen molar-refractivity contribution < 1.29 is 23.9 Å². The van der Waals surface area contributed by atoms with Crippen LogP contribution in [0.15, 0.2) is 36.4 Å². The first-order valence-electron chi connectivity index (χ1n) is 7.94. The number of amides is 1. The summed E-state index contributed by atoms with van der Waals surface area (Å²) in [7, 11) is 4.51. The summed E-state index contributed by atoms with van der Waals surface area (Å²) >= 11 is 0. The van der Waals surface area contributed by atoms with Crippen LogP contribution in [0.25, 0.3) is 6.08 Å². The Morgan fingerprint density at radius 1 is 1.11 bits per heavy atom. The first kappa shape index (κ1) is 19.8. The Morgan fingerprint density at radius 2 is 1.74 bits per heavy atom. The minimum Gasteiger partial charge on any atom is -0.493 e. The molecule has 0 radical (unpaired) electrons. The Balaban J connectivity index is 2.23. The van der Waals surface area contributed by atoms with Gasteiger partial charge in [-0.2, -0.15) is 0 Å². The maximum Gasteiger partial charge on any atom is 0.274 e. The third kappa shape index (κ3) is 4.55. The molecule has 0 saturated carbocycles. The minimum atomic E-state index is -0.489. The van der Waals surface area contributed by atoms with Gasteiger partial charge >= 0.3 is 0 Å². The first-order chi connectivity index (χ1) is 12.9. The number of methoxy groups -OCH3 is 3. The monoisotopic (exact) mass is 372 g/mol. The molecular formula is C19H20N2O6. The molecule has 1 amide bonds. The maximum atomic E-state index is 12.2. The van der Waals surface area contributed by atoms with Crippen molar-refractivity contribution in [3.05, 3.63) is 57.6 Å². The molecule has 0 fully saturated rings. The Labute approximate surface area is 156 Å². The van der Waals surface area contributed by atoms with Gasteiger partial charge in [-0.15, -0.1) is 0 Å². The lowest BCUT2D eigenvalue weighted by atomic mass is 10.1. The number of anilines is 1. The fourth-order valence-corrected chi connectivity index (χ4v) is 2.50. The van der Waals surface area contributed by atoms with Crippen LogP contribution >= 0.6 is 0 Å². The van der Waals surface area contributed by atoms with E-state index in [-0.39, 0.29) is 5.69 Å². The highest BCUT2D eigenvalue weighted by Crippen LogP contribution is 2.38. The van der Waals surface area contributed by atoms with Crippen molar-refractivity contribution in [2.24, 2.45) is 0 Å². The van der Waals surface area contributed by atoms with E-state index in [4.69, 9.17) is 14.2 Å². The molecule has 2 aromatic carbocycles. The van der Waals surface area contributed by atoms with Crippen molar-refractivity contribution in [3.63, 3.8) is 0 Å². The number of nitrogens with zero attached hydrogens (tertiary/aromatic N) is 1. The summed E-state index contributed by atoms with van der Waals surface area (Å²) in [4.78, 5) is 22.7. The number of carbonyl (C=O) groups excluding carboxylic acids is 1. The van der Waals surface area contributed by atoms with E-state index in [0.29, 0.717) is 34.1 Å². The van der Waals surface area contributed by atoms with Gasteiger partial charge in [-0.25, -0.2) is 0 Å². The molecule has 8 heteroatoms. The molecular weight excluding hydrogens is 352 g/mol. The Kier molecular flexibility index (Phi) is 6.37. The Morgan fingerprint density at radius 3 is 2.26 bits per heavy atom.